The molecular weight excluding hydrogens is 305 g/mol. The zero-order valence-electron chi connectivity index (χ0n) is 11.4. The van der Waals surface area contributed by atoms with E-state index in [1.807, 2.05) is 0 Å². The quantitative estimate of drug-likeness (QED) is 0.524. The first kappa shape index (κ1) is 16.2. The summed E-state index contributed by atoms with van der Waals surface area (Å²) in [5, 5.41) is 19.8. The summed E-state index contributed by atoms with van der Waals surface area (Å²) >= 11 is 0. The number of nitro groups is 1. The largest absolute Gasteiger partial charge is 0.396 e. The van der Waals surface area contributed by atoms with E-state index in [-0.39, 0.29) is 25.6 Å². The average Bonchev–Trinajstić information content (AvgIpc) is 2.52. The first-order chi connectivity index (χ1) is 10.4. The van der Waals surface area contributed by atoms with Crippen molar-refractivity contribution in [2.45, 2.75) is 12.8 Å². The fourth-order valence-corrected chi connectivity index (χ4v) is 2.45. The Morgan fingerprint density at radius 3 is 2.64 bits per heavy atom. The highest BCUT2D eigenvalue weighted by molar-refractivity contribution is 5.95. The van der Waals surface area contributed by atoms with E-state index in [1.54, 1.807) is 0 Å². The van der Waals surface area contributed by atoms with Gasteiger partial charge in [0.15, 0.2) is 5.82 Å². The fourth-order valence-electron chi connectivity index (χ4n) is 2.45. The van der Waals surface area contributed by atoms with E-state index >= 15 is 0 Å². The summed E-state index contributed by atoms with van der Waals surface area (Å²) in [7, 11) is 0. The van der Waals surface area contributed by atoms with Gasteiger partial charge in [-0.3, -0.25) is 14.9 Å². The van der Waals surface area contributed by atoms with Crippen LogP contribution in [0.1, 0.15) is 23.2 Å². The summed E-state index contributed by atoms with van der Waals surface area (Å²) in [6.07, 6.45) is 1.24. The molecule has 1 atom stereocenters. The SMILES string of the molecule is O=C(c1cc([N+](=O)[O-])c(F)c(F)c1F)N1CCCC(CO)C1. The van der Waals surface area contributed by atoms with Crippen LogP contribution >= 0.6 is 0 Å². The van der Waals surface area contributed by atoms with Crippen molar-refractivity contribution in [2.24, 2.45) is 5.92 Å². The second kappa shape index (κ2) is 6.30. The Labute approximate surface area is 123 Å². The molecule has 1 N–H and O–H groups in total. The number of aliphatic hydroxyl groups excluding tert-OH is 1. The van der Waals surface area contributed by atoms with Crippen LogP contribution < -0.4 is 0 Å². The zero-order valence-corrected chi connectivity index (χ0v) is 11.4. The first-order valence-electron chi connectivity index (χ1n) is 6.58. The topological polar surface area (TPSA) is 83.7 Å². The van der Waals surface area contributed by atoms with Gasteiger partial charge in [-0.15, -0.1) is 0 Å². The molecule has 0 aliphatic carbocycles. The van der Waals surface area contributed by atoms with Gasteiger partial charge in [-0.1, -0.05) is 0 Å². The normalized spacial score (nSPS) is 18.4. The number of rotatable bonds is 3. The third-order valence-electron chi connectivity index (χ3n) is 3.62. The molecule has 22 heavy (non-hydrogen) atoms. The minimum absolute atomic E-state index is 0.127. The highest BCUT2D eigenvalue weighted by atomic mass is 19.2. The molecule has 9 heteroatoms. The monoisotopic (exact) mass is 318 g/mol. The van der Waals surface area contributed by atoms with Crippen LogP contribution in [0.25, 0.3) is 0 Å². The van der Waals surface area contributed by atoms with Gasteiger partial charge in [0.25, 0.3) is 5.91 Å². The third-order valence-corrected chi connectivity index (χ3v) is 3.62. The van der Waals surface area contributed by atoms with Gasteiger partial charge in [0.1, 0.15) is 0 Å². The predicted molar refractivity (Wildman–Crippen MR) is 68.7 cm³/mol. The fraction of sp³-hybridized carbons (Fsp3) is 0.462. The Morgan fingerprint density at radius 1 is 1.36 bits per heavy atom. The molecule has 120 valence electrons. The minimum Gasteiger partial charge on any atom is -0.396 e. The molecule has 0 saturated carbocycles. The van der Waals surface area contributed by atoms with Gasteiger partial charge in [0.05, 0.1) is 10.5 Å². The van der Waals surface area contributed by atoms with Crippen LogP contribution in [0.4, 0.5) is 18.9 Å². The van der Waals surface area contributed by atoms with Crippen LogP contribution in [0.2, 0.25) is 0 Å². The van der Waals surface area contributed by atoms with Gasteiger partial charge in [-0.25, -0.2) is 8.78 Å². The van der Waals surface area contributed by atoms with Crippen molar-refractivity contribution in [3.05, 3.63) is 39.2 Å². The Bertz CT molecular complexity index is 624. The van der Waals surface area contributed by atoms with Gasteiger partial charge >= 0.3 is 5.69 Å². The van der Waals surface area contributed by atoms with E-state index in [2.05, 4.69) is 0 Å². The molecule has 0 bridgehead atoms. The standard InChI is InChI=1S/C13H13F3N2O4/c14-10-8(4-9(18(21)22)11(15)12(10)16)13(20)17-3-1-2-7(5-17)6-19/h4,7,19H,1-3,5-6H2. The lowest BCUT2D eigenvalue weighted by molar-refractivity contribution is -0.387. The number of carbonyl (C=O) groups excluding carboxylic acids is 1. The highest BCUT2D eigenvalue weighted by Gasteiger charge is 2.32. The smallest absolute Gasteiger partial charge is 0.308 e. The molecule has 1 saturated heterocycles. The predicted octanol–water partition coefficient (Wildman–Crippen LogP) is 1.86. The summed E-state index contributed by atoms with van der Waals surface area (Å²) < 4.78 is 40.5. The van der Waals surface area contributed by atoms with E-state index in [0.717, 1.165) is 0 Å². The van der Waals surface area contributed by atoms with Crippen LogP contribution in [0.3, 0.4) is 0 Å². The molecule has 6 nitrogen and oxygen atoms in total. The van der Waals surface area contributed by atoms with E-state index in [9.17, 15) is 28.1 Å². The number of likely N-dealkylation sites (tertiary alicyclic amines) is 1. The number of hydrogen-bond acceptors (Lipinski definition) is 4. The number of benzene rings is 1. The van der Waals surface area contributed by atoms with Crippen LogP contribution in [0.5, 0.6) is 0 Å². The maximum absolute atomic E-state index is 13.8. The third kappa shape index (κ3) is 2.89. The molecule has 2 rings (SSSR count). The van der Waals surface area contributed by atoms with Crippen molar-refractivity contribution >= 4 is 11.6 Å². The van der Waals surface area contributed by atoms with E-state index in [4.69, 9.17) is 5.11 Å². The molecule has 0 spiro atoms. The first-order valence-corrected chi connectivity index (χ1v) is 6.58. The summed E-state index contributed by atoms with van der Waals surface area (Å²) in [4.78, 5) is 22.8. The molecule has 1 aliphatic heterocycles. The molecule has 1 unspecified atom stereocenters. The van der Waals surface area contributed by atoms with Crippen molar-refractivity contribution in [3.63, 3.8) is 0 Å². The van der Waals surface area contributed by atoms with Crippen LogP contribution in [-0.2, 0) is 0 Å². The number of halogens is 3. The lowest BCUT2D eigenvalue weighted by Gasteiger charge is -2.31. The number of piperidine rings is 1. The van der Waals surface area contributed by atoms with Crippen molar-refractivity contribution in [1.29, 1.82) is 0 Å². The van der Waals surface area contributed by atoms with Crippen molar-refractivity contribution in [1.82, 2.24) is 4.90 Å². The van der Waals surface area contributed by atoms with E-state index < -0.39 is 39.5 Å². The van der Waals surface area contributed by atoms with Crippen molar-refractivity contribution in [3.8, 4) is 0 Å². The Balaban J connectivity index is 2.39. The number of carbonyl (C=O) groups is 1. The Morgan fingerprint density at radius 2 is 2.05 bits per heavy atom. The van der Waals surface area contributed by atoms with Crippen LogP contribution in [-0.4, -0.2) is 40.5 Å². The van der Waals surface area contributed by atoms with Gasteiger partial charge in [-0.05, 0) is 18.8 Å². The maximum Gasteiger partial charge on any atom is 0.308 e. The van der Waals surface area contributed by atoms with Gasteiger partial charge in [-0.2, -0.15) is 4.39 Å². The van der Waals surface area contributed by atoms with Crippen molar-refractivity contribution in [2.75, 3.05) is 19.7 Å². The molecule has 0 radical (unpaired) electrons. The molecule has 1 aliphatic rings. The second-order valence-corrected chi connectivity index (χ2v) is 5.08. The summed E-state index contributed by atoms with van der Waals surface area (Å²) in [6, 6.07) is 0.401. The summed E-state index contributed by atoms with van der Waals surface area (Å²) in [5.41, 5.74) is -2.18. The number of nitro benzene ring substituents is 1. The van der Waals surface area contributed by atoms with Gasteiger partial charge in [0, 0.05) is 25.8 Å². The maximum atomic E-state index is 13.8. The minimum atomic E-state index is -2.05. The lowest BCUT2D eigenvalue weighted by atomic mass is 9.98. The number of aliphatic hydroxyl groups is 1. The molecule has 0 aromatic heterocycles. The van der Waals surface area contributed by atoms with E-state index in [1.165, 1.54) is 4.90 Å². The van der Waals surface area contributed by atoms with Crippen molar-refractivity contribution < 1.29 is 28.0 Å². The van der Waals surface area contributed by atoms with Crippen LogP contribution in [0, 0.1) is 33.5 Å². The molecule has 1 amide bonds. The summed E-state index contributed by atoms with van der Waals surface area (Å²) in [5.74, 6) is -6.89. The lowest BCUT2D eigenvalue weighted by Crippen LogP contribution is -2.41. The van der Waals surface area contributed by atoms with Gasteiger partial charge in [0.2, 0.25) is 11.6 Å². The van der Waals surface area contributed by atoms with Crippen LogP contribution in [0.15, 0.2) is 6.07 Å². The molecule has 1 heterocycles. The number of nitrogens with zero attached hydrogens (tertiary/aromatic N) is 2. The molecule has 1 fully saturated rings. The highest BCUT2D eigenvalue weighted by Crippen LogP contribution is 2.27. The van der Waals surface area contributed by atoms with E-state index in [0.29, 0.717) is 18.9 Å². The molecular formula is C13H13F3N2O4. The Hall–Kier alpha value is -2.16. The molecule has 1 aromatic rings. The average molecular weight is 318 g/mol. The zero-order chi connectivity index (χ0) is 16.4. The second-order valence-electron chi connectivity index (χ2n) is 5.08. The number of amides is 1. The molecule has 1 aromatic carbocycles. The number of hydrogen-bond donors (Lipinski definition) is 1. The summed E-state index contributed by atoms with van der Waals surface area (Å²) in [6.45, 7) is 0.216. The Kier molecular flexibility index (Phi) is 4.65. The van der Waals surface area contributed by atoms with Gasteiger partial charge < -0.3 is 10.0 Å².